The van der Waals surface area contributed by atoms with Crippen molar-refractivity contribution in [3.63, 3.8) is 0 Å². The van der Waals surface area contributed by atoms with E-state index in [-0.39, 0.29) is 11.8 Å². The highest BCUT2D eigenvalue weighted by Crippen LogP contribution is 2.48. The van der Waals surface area contributed by atoms with Crippen molar-refractivity contribution in [1.82, 2.24) is 30.0 Å². The molecule has 2 aromatic heterocycles. The van der Waals surface area contributed by atoms with Gasteiger partial charge in [0.1, 0.15) is 17.3 Å². The standard InChI is InChI=1S/C19H24N6O/c26-19(15-7-20-16(21-15)11-3-4-11)25-8-13(10-1-2-10)14(9-25)18-22-17(23-24-18)12-5-6-12/h7,10-14H,1-6,8-9H2,(H,20,21)(H,22,23,24)/t13-,14+/m1/s1. The zero-order valence-corrected chi connectivity index (χ0v) is 14.8. The van der Waals surface area contributed by atoms with Crippen LogP contribution in [0.1, 0.15) is 84.2 Å². The molecule has 1 amide bonds. The van der Waals surface area contributed by atoms with Gasteiger partial charge in [0.25, 0.3) is 5.91 Å². The Bertz CT molecular complexity index is 844. The lowest BCUT2D eigenvalue weighted by atomic mass is 9.91. The highest BCUT2D eigenvalue weighted by Gasteiger charge is 2.46. The third-order valence-corrected chi connectivity index (χ3v) is 6.48. The van der Waals surface area contributed by atoms with Crippen LogP contribution in [0.15, 0.2) is 6.20 Å². The highest BCUT2D eigenvalue weighted by atomic mass is 16.2. The Morgan fingerprint density at radius 3 is 2.58 bits per heavy atom. The number of likely N-dealkylation sites (tertiary alicyclic amines) is 1. The van der Waals surface area contributed by atoms with E-state index in [2.05, 4.69) is 20.2 Å². The zero-order valence-electron chi connectivity index (χ0n) is 14.8. The fraction of sp³-hybridized carbons (Fsp3) is 0.684. The molecule has 1 aliphatic heterocycles. The lowest BCUT2D eigenvalue weighted by Gasteiger charge is -2.15. The second-order valence-corrected chi connectivity index (χ2v) is 8.63. The van der Waals surface area contributed by atoms with Crippen LogP contribution in [0.4, 0.5) is 0 Å². The Morgan fingerprint density at radius 2 is 1.85 bits per heavy atom. The summed E-state index contributed by atoms with van der Waals surface area (Å²) >= 11 is 0. The van der Waals surface area contributed by atoms with Gasteiger partial charge in [0.05, 0.1) is 6.20 Å². The number of H-pyrrole nitrogens is 2. The van der Waals surface area contributed by atoms with Gasteiger partial charge < -0.3 is 9.88 Å². The maximum atomic E-state index is 13.0. The van der Waals surface area contributed by atoms with Crippen molar-refractivity contribution in [3.8, 4) is 0 Å². The van der Waals surface area contributed by atoms with Gasteiger partial charge in [-0.05, 0) is 50.4 Å². The molecule has 136 valence electrons. The number of hydrogen-bond donors (Lipinski definition) is 2. The summed E-state index contributed by atoms with van der Waals surface area (Å²) in [6.45, 7) is 1.56. The van der Waals surface area contributed by atoms with Crippen LogP contribution in [-0.2, 0) is 0 Å². The number of aromatic nitrogens is 5. The summed E-state index contributed by atoms with van der Waals surface area (Å²) in [6.07, 6.45) is 9.07. The minimum absolute atomic E-state index is 0.0829. The molecule has 2 N–H and O–H groups in total. The van der Waals surface area contributed by atoms with Crippen LogP contribution in [0, 0.1) is 11.8 Å². The van der Waals surface area contributed by atoms with E-state index in [1.165, 1.54) is 38.5 Å². The first-order chi connectivity index (χ1) is 12.8. The average Bonchev–Trinajstić information content (AvgIpc) is 3.62. The lowest BCUT2D eigenvalue weighted by molar-refractivity contribution is 0.0779. The number of nitrogens with one attached hydrogen (secondary N) is 2. The monoisotopic (exact) mass is 352 g/mol. The maximum Gasteiger partial charge on any atom is 0.271 e. The van der Waals surface area contributed by atoms with Crippen LogP contribution in [0.5, 0.6) is 0 Å². The SMILES string of the molecule is O=C(c1cnc(C2CC2)[nH]1)N1C[C@H](c2nc(C3CC3)n[nH]2)[C@@H](C2CC2)C1. The average molecular weight is 352 g/mol. The molecule has 0 unspecified atom stereocenters. The Kier molecular flexibility index (Phi) is 3.11. The maximum absolute atomic E-state index is 13.0. The largest absolute Gasteiger partial charge is 0.338 e. The molecule has 3 saturated carbocycles. The van der Waals surface area contributed by atoms with Crippen molar-refractivity contribution in [1.29, 1.82) is 0 Å². The van der Waals surface area contributed by atoms with Crippen LogP contribution in [0.2, 0.25) is 0 Å². The molecule has 4 fully saturated rings. The van der Waals surface area contributed by atoms with Crippen molar-refractivity contribution >= 4 is 5.91 Å². The number of aromatic amines is 2. The molecule has 0 spiro atoms. The first-order valence-electron chi connectivity index (χ1n) is 10.0. The number of carbonyl (C=O) groups excluding carboxylic acids is 1. The van der Waals surface area contributed by atoms with Crippen molar-refractivity contribution in [2.24, 2.45) is 11.8 Å². The van der Waals surface area contributed by atoms with Crippen molar-refractivity contribution in [2.75, 3.05) is 13.1 Å². The van der Waals surface area contributed by atoms with Crippen molar-refractivity contribution in [3.05, 3.63) is 29.4 Å². The summed E-state index contributed by atoms with van der Waals surface area (Å²) < 4.78 is 0. The molecule has 3 aliphatic carbocycles. The minimum Gasteiger partial charge on any atom is -0.338 e. The fourth-order valence-corrected chi connectivity index (χ4v) is 4.44. The van der Waals surface area contributed by atoms with E-state index in [1.807, 2.05) is 4.90 Å². The van der Waals surface area contributed by atoms with E-state index in [4.69, 9.17) is 4.98 Å². The Balaban J connectivity index is 1.23. The third kappa shape index (κ3) is 2.56. The Labute approximate surface area is 152 Å². The van der Waals surface area contributed by atoms with E-state index in [9.17, 15) is 4.79 Å². The van der Waals surface area contributed by atoms with Gasteiger partial charge in [0.2, 0.25) is 0 Å². The molecule has 2 aromatic rings. The predicted octanol–water partition coefficient (Wildman–Crippen LogP) is 2.55. The van der Waals surface area contributed by atoms with E-state index in [1.54, 1.807) is 6.20 Å². The van der Waals surface area contributed by atoms with Gasteiger partial charge in [0, 0.05) is 30.8 Å². The van der Waals surface area contributed by atoms with E-state index < -0.39 is 0 Å². The molecule has 6 rings (SSSR count). The Hall–Kier alpha value is -2.18. The molecule has 7 heteroatoms. The summed E-state index contributed by atoms with van der Waals surface area (Å²) in [5.41, 5.74) is 0.637. The van der Waals surface area contributed by atoms with Gasteiger partial charge >= 0.3 is 0 Å². The zero-order chi connectivity index (χ0) is 17.3. The topological polar surface area (TPSA) is 90.6 Å². The first-order valence-corrected chi connectivity index (χ1v) is 10.0. The number of imidazole rings is 1. The van der Waals surface area contributed by atoms with Gasteiger partial charge in [-0.3, -0.25) is 9.89 Å². The highest BCUT2D eigenvalue weighted by molar-refractivity contribution is 5.92. The summed E-state index contributed by atoms with van der Waals surface area (Å²) in [5.74, 6) is 5.65. The first kappa shape index (κ1) is 14.9. The van der Waals surface area contributed by atoms with Crippen molar-refractivity contribution < 1.29 is 4.79 Å². The second-order valence-electron chi connectivity index (χ2n) is 8.63. The van der Waals surface area contributed by atoms with E-state index in [0.29, 0.717) is 23.4 Å². The summed E-state index contributed by atoms with van der Waals surface area (Å²) in [7, 11) is 0. The number of hydrogen-bond acceptors (Lipinski definition) is 4. The third-order valence-electron chi connectivity index (χ3n) is 6.48. The van der Waals surface area contributed by atoms with Crippen LogP contribution >= 0.6 is 0 Å². The number of amides is 1. The number of carbonyl (C=O) groups is 1. The molecule has 0 bridgehead atoms. The molecule has 1 saturated heterocycles. The molecule has 2 atom stereocenters. The van der Waals surface area contributed by atoms with Gasteiger partial charge in [-0.1, -0.05) is 0 Å². The smallest absolute Gasteiger partial charge is 0.271 e. The molecule has 0 aromatic carbocycles. The van der Waals surface area contributed by atoms with Crippen LogP contribution in [0.25, 0.3) is 0 Å². The number of rotatable bonds is 5. The Morgan fingerprint density at radius 1 is 1.04 bits per heavy atom. The molecular weight excluding hydrogens is 328 g/mol. The summed E-state index contributed by atoms with van der Waals surface area (Å²) in [5, 5.41) is 7.63. The van der Waals surface area contributed by atoms with Gasteiger partial charge in [-0.15, -0.1) is 0 Å². The van der Waals surface area contributed by atoms with Gasteiger partial charge in [-0.2, -0.15) is 5.10 Å². The molecule has 3 heterocycles. The quantitative estimate of drug-likeness (QED) is 0.865. The van der Waals surface area contributed by atoms with Crippen LogP contribution < -0.4 is 0 Å². The summed E-state index contributed by atoms with van der Waals surface area (Å²) in [4.78, 5) is 27.5. The second kappa shape index (κ2) is 5.41. The minimum atomic E-state index is 0.0829. The molecule has 7 nitrogen and oxygen atoms in total. The summed E-state index contributed by atoms with van der Waals surface area (Å²) in [6, 6.07) is 0. The lowest BCUT2D eigenvalue weighted by Crippen LogP contribution is -2.29. The van der Waals surface area contributed by atoms with Gasteiger partial charge in [-0.25, -0.2) is 9.97 Å². The van der Waals surface area contributed by atoms with E-state index in [0.717, 1.165) is 36.5 Å². The normalized spacial score (nSPS) is 28.7. The molecule has 26 heavy (non-hydrogen) atoms. The molecular formula is C19H24N6O. The van der Waals surface area contributed by atoms with Crippen molar-refractivity contribution in [2.45, 2.75) is 56.3 Å². The van der Waals surface area contributed by atoms with E-state index >= 15 is 0 Å². The fourth-order valence-electron chi connectivity index (χ4n) is 4.44. The number of nitrogens with zero attached hydrogens (tertiary/aromatic N) is 4. The molecule has 0 radical (unpaired) electrons. The molecule has 4 aliphatic rings. The van der Waals surface area contributed by atoms with Gasteiger partial charge in [0.15, 0.2) is 5.82 Å². The van der Waals surface area contributed by atoms with Crippen LogP contribution in [-0.4, -0.2) is 49.0 Å². The van der Waals surface area contributed by atoms with Crippen LogP contribution in [0.3, 0.4) is 0 Å². The predicted molar refractivity (Wildman–Crippen MR) is 93.8 cm³/mol.